The Balaban J connectivity index is 2.27. The lowest BCUT2D eigenvalue weighted by Gasteiger charge is -2.13. The summed E-state index contributed by atoms with van der Waals surface area (Å²) in [5, 5.41) is 3.47. The van der Waals surface area contributed by atoms with Gasteiger partial charge in [0.05, 0.1) is 35.4 Å². The van der Waals surface area contributed by atoms with E-state index in [9.17, 15) is 4.79 Å². The van der Waals surface area contributed by atoms with Crippen LogP contribution in [0.4, 0.5) is 11.4 Å². The molecule has 20 heavy (non-hydrogen) atoms. The standard InChI is InChI=1S/C14H15ClN2O3/c1-2-20-14(18)11-5-10(16)6-12(15)13(11)17-7-9-3-4-19-8-9/h3-6,8,17H,2,7,16H2,1H3. The SMILES string of the molecule is CCOC(=O)c1cc(N)cc(Cl)c1NCc1ccoc1. The first-order valence-electron chi connectivity index (χ1n) is 6.13. The highest BCUT2D eigenvalue weighted by atomic mass is 35.5. The Kier molecular flexibility index (Phi) is 4.53. The maximum Gasteiger partial charge on any atom is 0.340 e. The highest BCUT2D eigenvalue weighted by Crippen LogP contribution is 2.30. The van der Waals surface area contributed by atoms with Gasteiger partial charge < -0.3 is 20.2 Å². The lowest BCUT2D eigenvalue weighted by Crippen LogP contribution is -2.11. The van der Waals surface area contributed by atoms with Crippen molar-refractivity contribution in [1.82, 2.24) is 0 Å². The summed E-state index contributed by atoms with van der Waals surface area (Å²) in [6.07, 6.45) is 3.19. The van der Waals surface area contributed by atoms with Gasteiger partial charge in [-0.2, -0.15) is 0 Å². The van der Waals surface area contributed by atoms with Crippen molar-refractivity contribution < 1.29 is 13.9 Å². The normalized spacial score (nSPS) is 10.3. The highest BCUT2D eigenvalue weighted by Gasteiger charge is 2.16. The number of halogens is 1. The number of carbonyl (C=O) groups excluding carboxylic acids is 1. The summed E-state index contributed by atoms with van der Waals surface area (Å²) in [4.78, 5) is 11.9. The molecule has 0 fully saturated rings. The second kappa shape index (κ2) is 6.34. The molecule has 2 rings (SSSR count). The van der Waals surface area contributed by atoms with E-state index in [-0.39, 0.29) is 6.61 Å². The molecule has 0 radical (unpaired) electrons. The zero-order valence-electron chi connectivity index (χ0n) is 11.0. The van der Waals surface area contributed by atoms with Crippen LogP contribution in [0.15, 0.2) is 35.1 Å². The molecule has 0 atom stereocenters. The second-order valence-corrected chi connectivity index (χ2v) is 4.54. The third-order valence-electron chi connectivity index (χ3n) is 2.66. The molecule has 1 aromatic heterocycles. The molecular weight excluding hydrogens is 280 g/mol. The van der Waals surface area contributed by atoms with Crippen LogP contribution in [0.1, 0.15) is 22.8 Å². The molecule has 0 spiro atoms. The Labute approximate surface area is 121 Å². The number of anilines is 2. The van der Waals surface area contributed by atoms with E-state index in [1.165, 1.54) is 0 Å². The predicted octanol–water partition coefficient (Wildman–Crippen LogP) is 3.30. The zero-order valence-corrected chi connectivity index (χ0v) is 11.7. The predicted molar refractivity (Wildman–Crippen MR) is 77.9 cm³/mol. The molecule has 0 aliphatic carbocycles. The van der Waals surface area contributed by atoms with E-state index in [0.717, 1.165) is 5.56 Å². The minimum atomic E-state index is -0.462. The van der Waals surface area contributed by atoms with E-state index in [2.05, 4.69) is 5.32 Å². The Morgan fingerprint density at radius 1 is 1.50 bits per heavy atom. The number of carbonyl (C=O) groups is 1. The van der Waals surface area contributed by atoms with Crippen molar-refractivity contribution in [3.63, 3.8) is 0 Å². The molecule has 0 saturated heterocycles. The molecule has 5 nitrogen and oxygen atoms in total. The van der Waals surface area contributed by atoms with Crippen LogP contribution < -0.4 is 11.1 Å². The van der Waals surface area contributed by atoms with Crippen molar-refractivity contribution in [1.29, 1.82) is 0 Å². The fourth-order valence-electron chi connectivity index (χ4n) is 1.76. The first kappa shape index (κ1) is 14.3. The lowest BCUT2D eigenvalue weighted by molar-refractivity contribution is 0.0527. The van der Waals surface area contributed by atoms with Crippen LogP contribution in [0.5, 0.6) is 0 Å². The van der Waals surface area contributed by atoms with Gasteiger partial charge in [0, 0.05) is 17.8 Å². The van der Waals surface area contributed by atoms with Gasteiger partial charge in [0.15, 0.2) is 0 Å². The van der Waals surface area contributed by atoms with Crippen LogP contribution in [0, 0.1) is 0 Å². The first-order chi connectivity index (χ1) is 9.61. The number of furan rings is 1. The topological polar surface area (TPSA) is 77.5 Å². The largest absolute Gasteiger partial charge is 0.472 e. The molecule has 0 aliphatic heterocycles. The third-order valence-corrected chi connectivity index (χ3v) is 2.96. The smallest absolute Gasteiger partial charge is 0.340 e. The number of nitrogens with one attached hydrogen (secondary N) is 1. The van der Waals surface area contributed by atoms with Crippen molar-refractivity contribution in [2.24, 2.45) is 0 Å². The number of nitrogen functional groups attached to an aromatic ring is 1. The van der Waals surface area contributed by atoms with Gasteiger partial charge in [0.1, 0.15) is 0 Å². The number of rotatable bonds is 5. The lowest BCUT2D eigenvalue weighted by atomic mass is 10.1. The minimum Gasteiger partial charge on any atom is -0.472 e. The number of esters is 1. The van der Waals surface area contributed by atoms with Crippen molar-refractivity contribution in [3.05, 3.63) is 46.9 Å². The fraction of sp³-hybridized carbons (Fsp3) is 0.214. The number of ether oxygens (including phenoxy) is 1. The molecule has 0 bridgehead atoms. The van der Waals surface area contributed by atoms with Crippen LogP contribution in [0.2, 0.25) is 5.02 Å². The van der Waals surface area contributed by atoms with Crippen LogP contribution in [-0.4, -0.2) is 12.6 Å². The number of hydrogen-bond acceptors (Lipinski definition) is 5. The second-order valence-electron chi connectivity index (χ2n) is 4.13. The Bertz CT molecular complexity index is 597. The number of nitrogens with two attached hydrogens (primary N) is 1. The summed E-state index contributed by atoms with van der Waals surface area (Å²) < 4.78 is 9.99. The molecule has 3 N–H and O–H groups in total. The molecule has 106 valence electrons. The van der Waals surface area contributed by atoms with Gasteiger partial charge >= 0.3 is 5.97 Å². The summed E-state index contributed by atoms with van der Waals surface area (Å²) in [7, 11) is 0. The van der Waals surface area contributed by atoms with E-state index in [4.69, 9.17) is 26.5 Å². The van der Waals surface area contributed by atoms with Crippen molar-refractivity contribution in [3.8, 4) is 0 Å². The fourth-order valence-corrected chi connectivity index (χ4v) is 2.06. The van der Waals surface area contributed by atoms with E-state index < -0.39 is 5.97 Å². The van der Waals surface area contributed by atoms with Crippen LogP contribution in [0.25, 0.3) is 0 Å². The molecule has 0 saturated carbocycles. The van der Waals surface area contributed by atoms with Gasteiger partial charge in [-0.3, -0.25) is 0 Å². The average molecular weight is 295 g/mol. The Morgan fingerprint density at radius 2 is 2.30 bits per heavy atom. The van der Waals surface area contributed by atoms with Gasteiger partial charge in [0.25, 0.3) is 0 Å². The highest BCUT2D eigenvalue weighted by molar-refractivity contribution is 6.34. The van der Waals surface area contributed by atoms with Crippen LogP contribution in [-0.2, 0) is 11.3 Å². The minimum absolute atomic E-state index is 0.284. The van der Waals surface area contributed by atoms with E-state index in [1.54, 1.807) is 31.6 Å². The summed E-state index contributed by atoms with van der Waals surface area (Å²) in [6, 6.07) is 4.95. The van der Waals surface area contributed by atoms with Crippen molar-refractivity contribution in [2.75, 3.05) is 17.7 Å². The summed E-state index contributed by atoms with van der Waals surface area (Å²) in [6.45, 7) is 2.50. The monoisotopic (exact) mass is 294 g/mol. The maximum absolute atomic E-state index is 11.9. The van der Waals surface area contributed by atoms with Gasteiger partial charge in [0.2, 0.25) is 0 Å². The van der Waals surface area contributed by atoms with Gasteiger partial charge in [-0.1, -0.05) is 11.6 Å². The van der Waals surface area contributed by atoms with Crippen LogP contribution >= 0.6 is 11.6 Å². The average Bonchev–Trinajstić information content (AvgIpc) is 2.90. The van der Waals surface area contributed by atoms with Gasteiger partial charge in [-0.25, -0.2) is 4.79 Å². The molecule has 0 unspecified atom stereocenters. The third kappa shape index (κ3) is 3.24. The van der Waals surface area contributed by atoms with E-state index >= 15 is 0 Å². The van der Waals surface area contributed by atoms with Gasteiger partial charge in [-0.05, 0) is 25.1 Å². The Hall–Kier alpha value is -2.14. The molecule has 0 amide bonds. The quantitative estimate of drug-likeness (QED) is 0.653. The number of hydrogen-bond donors (Lipinski definition) is 2. The van der Waals surface area contributed by atoms with Crippen molar-refractivity contribution in [2.45, 2.75) is 13.5 Å². The molecule has 2 aromatic rings. The number of benzene rings is 1. The maximum atomic E-state index is 11.9. The van der Waals surface area contributed by atoms with Gasteiger partial charge in [-0.15, -0.1) is 0 Å². The first-order valence-corrected chi connectivity index (χ1v) is 6.50. The Morgan fingerprint density at radius 3 is 2.95 bits per heavy atom. The molecule has 0 aliphatic rings. The summed E-state index contributed by atoms with van der Waals surface area (Å²) in [5.41, 5.74) is 7.89. The summed E-state index contributed by atoms with van der Waals surface area (Å²) >= 11 is 6.15. The summed E-state index contributed by atoms with van der Waals surface area (Å²) in [5.74, 6) is -0.462. The molecule has 1 heterocycles. The molecular formula is C14H15ClN2O3. The molecule has 6 heteroatoms. The molecule has 1 aromatic carbocycles. The van der Waals surface area contributed by atoms with E-state index in [1.807, 2.05) is 6.07 Å². The van der Waals surface area contributed by atoms with Crippen LogP contribution in [0.3, 0.4) is 0 Å². The van der Waals surface area contributed by atoms with E-state index in [0.29, 0.717) is 28.5 Å². The zero-order chi connectivity index (χ0) is 14.5. The van der Waals surface area contributed by atoms with Crippen molar-refractivity contribution >= 4 is 28.9 Å².